The van der Waals surface area contributed by atoms with E-state index in [1.807, 2.05) is 30.3 Å². The van der Waals surface area contributed by atoms with Crippen LogP contribution in [0.5, 0.6) is 5.75 Å². The van der Waals surface area contributed by atoms with E-state index in [1.54, 1.807) is 12.1 Å². The van der Waals surface area contributed by atoms with Gasteiger partial charge in [-0.25, -0.2) is 0 Å². The standard InChI is InChI=1S/C23H31NO3/c1-18(2)16-23(26,20-8-10-21(25)11-9-20)22(19-6-4-3-5-7-19)17-24-12-14-27-15-13-24/h3-11,18,22,25-26H,12-17H2,1-2H3/t22-,23+/m0/s1. The lowest BCUT2D eigenvalue weighted by Crippen LogP contribution is -2.45. The molecule has 1 fully saturated rings. The van der Waals surface area contributed by atoms with Gasteiger partial charge in [0.25, 0.3) is 0 Å². The first-order valence-electron chi connectivity index (χ1n) is 9.86. The predicted molar refractivity (Wildman–Crippen MR) is 108 cm³/mol. The van der Waals surface area contributed by atoms with E-state index in [9.17, 15) is 10.2 Å². The number of aliphatic hydroxyl groups is 1. The summed E-state index contributed by atoms with van der Waals surface area (Å²) in [5.74, 6) is 0.485. The van der Waals surface area contributed by atoms with Gasteiger partial charge in [0.2, 0.25) is 0 Å². The lowest BCUT2D eigenvalue weighted by Gasteiger charge is -2.41. The van der Waals surface area contributed by atoms with Gasteiger partial charge in [-0.15, -0.1) is 0 Å². The molecule has 27 heavy (non-hydrogen) atoms. The monoisotopic (exact) mass is 369 g/mol. The normalized spacial score (nSPS) is 19.0. The van der Waals surface area contributed by atoms with E-state index >= 15 is 0 Å². The van der Waals surface area contributed by atoms with Gasteiger partial charge in [0.05, 0.1) is 18.8 Å². The van der Waals surface area contributed by atoms with Gasteiger partial charge < -0.3 is 14.9 Å². The average molecular weight is 370 g/mol. The Hall–Kier alpha value is -1.88. The first kappa shape index (κ1) is 19.9. The first-order chi connectivity index (χ1) is 13.0. The number of phenolic OH excluding ortho intramolecular Hbond substituents is 1. The van der Waals surface area contributed by atoms with Crippen LogP contribution >= 0.6 is 0 Å². The minimum absolute atomic E-state index is 0.0660. The van der Waals surface area contributed by atoms with Crippen LogP contribution in [0.3, 0.4) is 0 Å². The largest absolute Gasteiger partial charge is 0.508 e. The van der Waals surface area contributed by atoms with Crippen LogP contribution in [-0.4, -0.2) is 48.0 Å². The Morgan fingerprint density at radius 3 is 2.22 bits per heavy atom. The molecular formula is C23H31NO3. The summed E-state index contributed by atoms with van der Waals surface area (Å²) in [4.78, 5) is 2.38. The molecule has 2 N–H and O–H groups in total. The molecule has 1 aliphatic heterocycles. The molecule has 4 nitrogen and oxygen atoms in total. The molecule has 0 aromatic heterocycles. The number of ether oxygens (including phenoxy) is 1. The molecule has 146 valence electrons. The summed E-state index contributed by atoms with van der Waals surface area (Å²) in [6.07, 6.45) is 0.654. The van der Waals surface area contributed by atoms with Gasteiger partial charge in [0, 0.05) is 25.6 Å². The molecule has 1 heterocycles. The summed E-state index contributed by atoms with van der Waals surface area (Å²) in [5, 5.41) is 21.8. The highest BCUT2D eigenvalue weighted by Crippen LogP contribution is 2.42. The van der Waals surface area contributed by atoms with Crippen molar-refractivity contribution in [1.82, 2.24) is 4.90 Å². The molecular weight excluding hydrogens is 338 g/mol. The number of phenols is 1. The van der Waals surface area contributed by atoms with Gasteiger partial charge >= 0.3 is 0 Å². The van der Waals surface area contributed by atoms with Gasteiger partial charge in [-0.3, -0.25) is 4.90 Å². The van der Waals surface area contributed by atoms with Crippen molar-refractivity contribution in [2.45, 2.75) is 31.8 Å². The van der Waals surface area contributed by atoms with Crippen LogP contribution in [0.15, 0.2) is 54.6 Å². The van der Waals surface area contributed by atoms with E-state index in [0.29, 0.717) is 12.3 Å². The van der Waals surface area contributed by atoms with Crippen molar-refractivity contribution in [3.05, 3.63) is 65.7 Å². The second kappa shape index (κ2) is 8.87. The molecule has 0 radical (unpaired) electrons. The minimum Gasteiger partial charge on any atom is -0.508 e. The predicted octanol–water partition coefficient (Wildman–Crippen LogP) is 3.74. The third-order valence-electron chi connectivity index (χ3n) is 5.41. The van der Waals surface area contributed by atoms with Crippen molar-refractivity contribution in [2.75, 3.05) is 32.8 Å². The summed E-state index contributed by atoms with van der Waals surface area (Å²) in [7, 11) is 0. The van der Waals surface area contributed by atoms with Crippen LogP contribution in [-0.2, 0) is 10.3 Å². The minimum atomic E-state index is -1.01. The maximum Gasteiger partial charge on any atom is 0.115 e. The molecule has 0 spiro atoms. The van der Waals surface area contributed by atoms with E-state index in [-0.39, 0.29) is 11.7 Å². The summed E-state index contributed by atoms with van der Waals surface area (Å²) in [6.45, 7) is 8.31. The molecule has 1 saturated heterocycles. The third-order valence-corrected chi connectivity index (χ3v) is 5.41. The van der Waals surface area contributed by atoms with E-state index in [1.165, 1.54) is 0 Å². The second-order valence-electron chi connectivity index (χ2n) is 7.95. The number of morpholine rings is 1. The lowest BCUT2D eigenvalue weighted by atomic mass is 9.72. The van der Waals surface area contributed by atoms with Gasteiger partial charge in [-0.1, -0.05) is 56.3 Å². The maximum absolute atomic E-state index is 12.0. The molecule has 0 aliphatic carbocycles. The van der Waals surface area contributed by atoms with Crippen molar-refractivity contribution in [3.8, 4) is 5.75 Å². The average Bonchev–Trinajstić information content (AvgIpc) is 2.67. The fourth-order valence-electron chi connectivity index (χ4n) is 4.09. The van der Waals surface area contributed by atoms with Crippen LogP contribution in [0.1, 0.15) is 37.3 Å². The second-order valence-corrected chi connectivity index (χ2v) is 7.95. The highest BCUT2D eigenvalue weighted by Gasteiger charge is 2.41. The maximum atomic E-state index is 12.0. The molecule has 4 heteroatoms. The Morgan fingerprint density at radius 1 is 1.00 bits per heavy atom. The van der Waals surface area contributed by atoms with Crippen LogP contribution in [0.25, 0.3) is 0 Å². The molecule has 1 aliphatic rings. The number of hydrogen-bond acceptors (Lipinski definition) is 4. The zero-order chi connectivity index (χ0) is 19.3. The molecule has 0 bridgehead atoms. The van der Waals surface area contributed by atoms with Crippen molar-refractivity contribution < 1.29 is 14.9 Å². The summed E-state index contributed by atoms with van der Waals surface area (Å²) in [5.41, 5.74) is 0.984. The fourth-order valence-corrected chi connectivity index (χ4v) is 4.09. The van der Waals surface area contributed by atoms with Crippen molar-refractivity contribution >= 4 is 0 Å². The van der Waals surface area contributed by atoms with Crippen LogP contribution in [0.4, 0.5) is 0 Å². The Bertz CT molecular complexity index is 695. The molecule has 2 atom stereocenters. The SMILES string of the molecule is CC(C)C[C@@](O)(c1ccc(O)cc1)[C@@H](CN1CCOCC1)c1ccccc1. The molecule has 2 aromatic rings. The lowest BCUT2D eigenvalue weighted by molar-refractivity contribution is -0.0356. The quantitative estimate of drug-likeness (QED) is 0.781. The topological polar surface area (TPSA) is 52.9 Å². The van der Waals surface area contributed by atoms with E-state index in [2.05, 4.69) is 30.9 Å². The van der Waals surface area contributed by atoms with Crippen LogP contribution < -0.4 is 0 Å². The van der Waals surface area contributed by atoms with Crippen LogP contribution in [0, 0.1) is 5.92 Å². The van der Waals surface area contributed by atoms with Crippen molar-refractivity contribution in [3.63, 3.8) is 0 Å². The highest BCUT2D eigenvalue weighted by atomic mass is 16.5. The Kier molecular flexibility index (Phi) is 6.53. The van der Waals surface area contributed by atoms with Gasteiger partial charge in [-0.05, 0) is 35.6 Å². The first-order valence-corrected chi connectivity index (χ1v) is 9.86. The number of aromatic hydroxyl groups is 1. The molecule has 0 saturated carbocycles. The van der Waals surface area contributed by atoms with Gasteiger partial charge in [0.1, 0.15) is 5.75 Å². The third kappa shape index (κ3) is 4.89. The number of benzene rings is 2. The van der Waals surface area contributed by atoms with Crippen LogP contribution in [0.2, 0.25) is 0 Å². The molecule has 2 aromatic carbocycles. The molecule has 3 rings (SSSR count). The Labute approximate surface area is 162 Å². The fraction of sp³-hybridized carbons (Fsp3) is 0.478. The van der Waals surface area contributed by atoms with Gasteiger partial charge in [0.15, 0.2) is 0 Å². The summed E-state index contributed by atoms with van der Waals surface area (Å²) in [6, 6.07) is 17.3. The Balaban J connectivity index is 2.01. The molecule has 0 unspecified atom stereocenters. The van der Waals surface area contributed by atoms with E-state index in [4.69, 9.17) is 4.74 Å². The zero-order valence-electron chi connectivity index (χ0n) is 16.3. The Morgan fingerprint density at radius 2 is 1.63 bits per heavy atom. The number of hydrogen-bond donors (Lipinski definition) is 2. The highest BCUT2D eigenvalue weighted by molar-refractivity contribution is 5.35. The van der Waals surface area contributed by atoms with E-state index < -0.39 is 5.60 Å². The smallest absolute Gasteiger partial charge is 0.115 e. The summed E-state index contributed by atoms with van der Waals surface area (Å²) < 4.78 is 5.50. The summed E-state index contributed by atoms with van der Waals surface area (Å²) >= 11 is 0. The van der Waals surface area contributed by atoms with Crippen molar-refractivity contribution in [2.24, 2.45) is 5.92 Å². The van der Waals surface area contributed by atoms with Gasteiger partial charge in [-0.2, -0.15) is 0 Å². The number of nitrogens with zero attached hydrogens (tertiary/aromatic N) is 1. The number of rotatable bonds is 7. The zero-order valence-corrected chi connectivity index (χ0v) is 16.3. The molecule has 0 amide bonds. The van der Waals surface area contributed by atoms with Crippen molar-refractivity contribution in [1.29, 1.82) is 0 Å². The van der Waals surface area contributed by atoms with E-state index in [0.717, 1.165) is 44.0 Å².